The number of benzene rings is 1. The molecule has 28 heavy (non-hydrogen) atoms. The molecule has 0 amide bonds. The molecule has 1 saturated carbocycles. The Balaban J connectivity index is 0.000000659. The third-order valence-corrected chi connectivity index (χ3v) is 4.53. The summed E-state index contributed by atoms with van der Waals surface area (Å²) in [4.78, 5) is 0. The number of aromatic nitrogens is 3. The van der Waals surface area contributed by atoms with E-state index in [-0.39, 0.29) is 1.43 Å². The minimum atomic E-state index is -0.853. The summed E-state index contributed by atoms with van der Waals surface area (Å²) in [6.45, 7) is 10.4. The molecule has 1 aromatic carbocycles. The molecule has 0 saturated heterocycles. The van der Waals surface area contributed by atoms with Gasteiger partial charge in [-0.15, -0.1) is 5.10 Å². The summed E-state index contributed by atoms with van der Waals surface area (Å²) in [6, 6.07) is 3.80. The number of hydrogen-bond acceptors (Lipinski definition) is 2. The van der Waals surface area contributed by atoms with E-state index in [1.165, 1.54) is 51.0 Å². The van der Waals surface area contributed by atoms with Crippen molar-refractivity contribution >= 4 is 5.57 Å². The van der Waals surface area contributed by atoms with Gasteiger partial charge in [-0.2, -0.15) is 0 Å². The number of halogens is 2. The maximum Gasteiger partial charge on any atom is 0.159 e. The monoisotopic (exact) mass is 393 g/mol. The van der Waals surface area contributed by atoms with Gasteiger partial charge in [0, 0.05) is 1.43 Å². The Morgan fingerprint density at radius 1 is 1.04 bits per heavy atom. The second-order valence-corrected chi connectivity index (χ2v) is 6.88. The topological polar surface area (TPSA) is 30.7 Å². The molecule has 158 valence electrons. The third kappa shape index (κ3) is 8.77. The van der Waals surface area contributed by atoms with Crippen LogP contribution in [0.5, 0.6) is 0 Å². The molecule has 1 fully saturated rings. The lowest BCUT2D eigenvalue weighted by atomic mass is 10.1. The summed E-state index contributed by atoms with van der Waals surface area (Å²) in [7, 11) is 0. The van der Waals surface area contributed by atoms with Gasteiger partial charge < -0.3 is 0 Å². The normalized spacial score (nSPS) is 13.5. The minimum absolute atomic E-state index is 0. The Labute approximate surface area is 170 Å². The molecule has 0 bridgehead atoms. The second kappa shape index (κ2) is 14.0. The summed E-state index contributed by atoms with van der Waals surface area (Å²) in [5.74, 6) is -1.70. The van der Waals surface area contributed by atoms with Gasteiger partial charge >= 0.3 is 0 Å². The highest BCUT2D eigenvalue weighted by molar-refractivity contribution is 5.58. The first-order valence-corrected chi connectivity index (χ1v) is 10.6. The fourth-order valence-electron chi connectivity index (χ4n) is 3.03. The Bertz CT molecular complexity index is 682. The Morgan fingerprint density at radius 3 is 2.11 bits per heavy atom. The van der Waals surface area contributed by atoms with Crippen LogP contribution in [0.2, 0.25) is 0 Å². The van der Waals surface area contributed by atoms with Gasteiger partial charge in [-0.1, -0.05) is 90.0 Å². The number of allylic oxidation sites excluding steroid dienone is 1. The van der Waals surface area contributed by atoms with Gasteiger partial charge in [0.25, 0.3) is 0 Å². The Kier molecular flexibility index (Phi) is 12.0. The van der Waals surface area contributed by atoms with E-state index in [0.717, 1.165) is 36.2 Å². The molecule has 0 radical (unpaired) electrons. The first kappa shape index (κ1) is 24.0. The zero-order valence-corrected chi connectivity index (χ0v) is 17.7. The number of hydrogen-bond donors (Lipinski definition) is 0. The molecule has 0 atom stereocenters. The van der Waals surface area contributed by atoms with Crippen LogP contribution in [0.15, 0.2) is 31.0 Å². The third-order valence-electron chi connectivity index (χ3n) is 4.53. The average Bonchev–Trinajstić information content (AvgIpc) is 2.96. The van der Waals surface area contributed by atoms with E-state index in [9.17, 15) is 8.78 Å². The highest BCUT2D eigenvalue weighted by atomic mass is 19.2. The summed E-state index contributed by atoms with van der Waals surface area (Å²) in [5, 5.41) is 7.97. The summed E-state index contributed by atoms with van der Waals surface area (Å²) in [5.41, 5.74) is 2.31. The van der Waals surface area contributed by atoms with Crippen LogP contribution in [0.1, 0.15) is 91.2 Å². The number of nitrogens with zero attached hydrogens (tertiary/aromatic N) is 3. The second-order valence-electron chi connectivity index (χ2n) is 6.88. The lowest BCUT2D eigenvalue weighted by Crippen LogP contribution is -2.01. The molecule has 0 unspecified atom stereocenters. The van der Waals surface area contributed by atoms with E-state index in [4.69, 9.17) is 0 Å². The van der Waals surface area contributed by atoms with Crippen molar-refractivity contribution in [3.63, 3.8) is 0 Å². The molecule has 3 nitrogen and oxygen atoms in total. The van der Waals surface area contributed by atoms with Crippen LogP contribution in [0.25, 0.3) is 5.57 Å². The maximum absolute atomic E-state index is 13.1. The SMILES string of the molecule is C1CCCCCC1.C=C(CCC)c1cn(Cc2ccc(F)c(F)c2)nn1.CC.[HH]. The molecule has 1 heterocycles. The lowest BCUT2D eigenvalue weighted by Gasteiger charge is -2.01. The Hall–Kier alpha value is -2.04. The zero-order chi connectivity index (χ0) is 20.8. The highest BCUT2D eigenvalue weighted by Gasteiger charge is 2.07. The largest absolute Gasteiger partial charge is 0.247 e. The molecule has 3 rings (SSSR count). The lowest BCUT2D eigenvalue weighted by molar-refractivity contribution is 0.505. The fourth-order valence-corrected chi connectivity index (χ4v) is 3.03. The van der Waals surface area contributed by atoms with E-state index >= 15 is 0 Å². The standard InChI is InChI=1S/C14H15F2N3.C7H14.C2H6.H2/c1-3-4-10(2)14-9-19(18-17-14)8-11-5-6-12(15)13(16)7-11;1-2-4-6-7-5-3-1;1-2;/h5-7,9H,2-4,8H2,1H3;1-7H2;1-2H3;1H. The zero-order valence-electron chi connectivity index (χ0n) is 17.7. The van der Waals surface area contributed by atoms with Crippen LogP contribution in [-0.2, 0) is 6.54 Å². The molecular weight excluding hydrogens is 356 g/mol. The van der Waals surface area contributed by atoms with E-state index in [1.807, 2.05) is 13.8 Å². The fraction of sp³-hybridized carbons (Fsp3) is 0.565. The van der Waals surface area contributed by atoms with Crippen LogP contribution >= 0.6 is 0 Å². The van der Waals surface area contributed by atoms with E-state index in [1.54, 1.807) is 10.9 Å². The van der Waals surface area contributed by atoms with Crippen LogP contribution in [0, 0.1) is 11.6 Å². The van der Waals surface area contributed by atoms with Crippen molar-refractivity contribution in [2.24, 2.45) is 0 Å². The minimum Gasteiger partial charge on any atom is -0.247 e. The van der Waals surface area contributed by atoms with Crippen LogP contribution in [0.4, 0.5) is 8.78 Å². The molecule has 0 spiro atoms. The molecule has 5 heteroatoms. The maximum atomic E-state index is 13.1. The van der Waals surface area contributed by atoms with Crippen molar-refractivity contribution in [2.75, 3.05) is 0 Å². The molecule has 1 aliphatic carbocycles. The molecule has 1 aliphatic rings. The summed E-state index contributed by atoms with van der Waals surface area (Å²) < 4.78 is 27.5. The van der Waals surface area contributed by atoms with Gasteiger partial charge in [0.2, 0.25) is 0 Å². The van der Waals surface area contributed by atoms with Crippen molar-refractivity contribution in [3.05, 3.63) is 53.9 Å². The first-order chi connectivity index (χ1) is 13.6. The highest BCUT2D eigenvalue weighted by Crippen LogP contribution is 2.16. The van der Waals surface area contributed by atoms with E-state index in [2.05, 4.69) is 23.8 Å². The average molecular weight is 394 g/mol. The van der Waals surface area contributed by atoms with Crippen LogP contribution in [0.3, 0.4) is 0 Å². The molecule has 0 aliphatic heterocycles. The van der Waals surface area contributed by atoms with Crippen molar-refractivity contribution in [2.45, 2.75) is 85.1 Å². The predicted octanol–water partition coefficient (Wildman–Crippen LogP) is 7.42. The van der Waals surface area contributed by atoms with Gasteiger partial charge in [0.15, 0.2) is 11.6 Å². The molecule has 0 N–H and O–H groups in total. The van der Waals surface area contributed by atoms with Crippen molar-refractivity contribution in [1.29, 1.82) is 0 Å². The van der Waals surface area contributed by atoms with Gasteiger partial charge in [0.1, 0.15) is 5.69 Å². The molecular formula is C23H37F2N3. The van der Waals surface area contributed by atoms with Gasteiger partial charge in [-0.3, -0.25) is 0 Å². The van der Waals surface area contributed by atoms with Crippen LogP contribution < -0.4 is 0 Å². The summed E-state index contributed by atoms with van der Waals surface area (Å²) in [6.07, 6.45) is 14.1. The van der Waals surface area contributed by atoms with Crippen LogP contribution in [-0.4, -0.2) is 15.0 Å². The first-order valence-electron chi connectivity index (χ1n) is 10.6. The van der Waals surface area contributed by atoms with Crippen molar-refractivity contribution in [1.82, 2.24) is 15.0 Å². The van der Waals surface area contributed by atoms with Crippen molar-refractivity contribution in [3.8, 4) is 0 Å². The van der Waals surface area contributed by atoms with Crippen molar-refractivity contribution < 1.29 is 10.2 Å². The molecule has 1 aromatic heterocycles. The summed E-state index contributed by atoms with van der Waals surface area (Å²) >= 11 is 0. The van der Waals surface area contributed by atoms with Gasteiger partial charge in [0.05, 0.1) is 12.7 Å². The quantitative estimate of drug-likeness (QED) is 0.495. The predicted molar refractivity (Wildman–Crippen MR) is 115 cm³/mol. The van der Waals surface area contributed by atoms with E-state index < -0.39 is 11.6 Å². The smallest absolute Gasteiger partial charge is 0.159 e. The van der Waals surface area contributed by atoms with Gasteiger partial charge in [-0.25, -0.2) is 13.5 Å². The number of rotatable bonds is 5. The van der Waals surface area contributed by atoms with E-state index in [0.29, 0.717) is 12.1 Å². The Morgan fingerprint density at radius 2 is 1.61 bits per heavy atom. The molecule has 2 aromatic rings. The van der Waals surface area contributed by atoms with Gasteiger partial charge in [-0.05, 0) is 29.7 Å².